The fourth-order valence-electron chi connectivity index (χ4n) is 9.14. The van der Waals surface area contributed by atoms with Gasteiger partial charge in [-0.1, -0.05) is 104 Å². The van der Waals surface area contributed by atoms with E-state index >= 15 is 0 Å². The zero-order valence-electron chi connectivity index (χ0n) is 27.4. The Hall–Kier alpha value is -4.68. The summed E-state index contributed by atoms with van der Waals surface area (Å²) in [6.45, 7) is 16.2. The molecule has 0 nitrogen and oxygen atoms in total. The third-order valence-electron chi connectivity index (χ3n) is 11.2. The second-order valence-electron chi connectivity index (χ2n) is 14.3. The van der Waals surface area contributed by atoms with Crippen LogP contribution in [-0.4, -0.2) is 0 Å². The Bertz CT molecular complexity index is 2400. The van der Waals surface area contributed by atoms with Gasteiger partial charge in [0.2, 0.25) is 0 Å². The first-order valence-electron chi connectivity index (χ1n) is 16.4. The van der Waals surface area contributed by atoms with E-state index in [-0.39, 0.29) is 5.41 Å². The third kappa shape index (κ3) is 3.43. The van der Waals surface area contributed by atoms with Crippen LogP contribution in [-0.2, 0) is 11.8 Å². The lowest BCUT2D eigenvalue weighted by molar-refractivity contribution is 0.660. The monoisotopic (exact) mass is 578 g/mol. The van der Waals surface area contributed by atoms with Crippen LogP contribution >= 0.6 is 0 Å². The van der Waals surface area contributed by atoms with Gasteiger partial charge in [0.1, 0.15) is 0 Å². The van der Waals surface area contributed by atoms with Gasteiger partial charge in [-0.2, -0.15) is 0 Å². The number of rotatable bonds is 1. The molecule has 0 aliphatic heterocycles. The van der Waals surface area contributed by atoms with Crippen molar-refractivity contribution >= 4 is 27.6 Å². The van der Waals surface area contributed by atoms with E-state index in [0.29, 0.717) is 0 Å². The van der Waals surface area contributed by atoms with Crippen molar-refractivity contribution < 1.29 is 0 Å². The molecule has 45 heavy (non-hydrogen) atoms. The molecule has 218 valence electrons. The zero-order chi connectivity index (χ0) is 30.9. The van der Waals surface area contributed by atoms with Gasteiger partial charge in [-0.25, -0.2) is 0 Å². The van der Waals surface area contributed by atoms with Gasteiger partial charge in [0.05, 0.1) is 0 Å². The Labute approximate surface area is 266 Å². The van der Waals surface area contributed by atoms with E-state index < -0.39 is 0 Å². The number of benzene rings is 6. The lowest BCUT2D eigenvalue weighted by Crippen LogP contribution is -2.15. The molecule has 9 rings (SSSR count). The predicted octanol–water partition coefficient (Wildman–Crippen LogP) is 12.4. The van der Waals surface area contributed by atoms with Gasteiger partial charge in [-0.3, -0.25) is 0 Å². The molecule has 6 aromatic rings. The average molecular weight is 579 g/mol. The summed E-state index contributed by atoms with van der Waals surface area (Å²) in [5.41, 5.74) is 23.6. The molecule has 0 bridgehead atoms. The summed E-state index contributed by atoms with van der Waals surface area (Å²) in [6, 6.07) is 28.3. The highest BCUT2D eigenvalue weighted by molar-refractivity contribution is 6.26. The molecule has 3 aliphatic rings. The maximum atomic E-state index is 2.54. The lowest BCUT2D eigenvalue weighted by Gasteiger charge is -2.24. The maximum absolute atomic E-state index is 2.54. The van der Waals surface area contributed by atoms with Crippen molar-refractivity contribution in [2.45, 2.75) is 60.3 Å². The van der Waals surface area contributed by atoms with Gasteiger partial charge in [0.25, 0.3) is 0 Å². The van der Waals surface area contributed by atoms with Crippen LogP contribution in [0.2, 0.25) is 0 Å². The standard InChI is InChI=1S/C45H38/c1-24-12-16-30-33(17-13-24)42(29-15-19-32-31-10-8-9-11-38(31)45(6,7)39(32)22-29)28(5)43-34-18-14-26(3)41-40-27(4)20-25(2)21-35(40)37(44(34)41)23-36(30)43/h8-16,18-23H,17H2,1-7H3. The molecule has 0 spiro atoms. The SMILES string of the molecule is CC1=CCc2c(-c3ccc4c(c3)C(C)(C)c3ccccc3-4)c(C)c3c(cc4c5c(c(C)ccc53)-c3c(C)cc(C)cc3-4)c2C=C1. The largest absolute Gasteiger partial charge is 0.0772 e. The van der Waals surface area contributed by atoms with Gasteiger partial charge in [0, 0.05) is 5.41 Å². The van der Waals surface area contributed by atoms with Gasteiger partial charge in [0.15, 0.2) is 0 Å². The summed E-state index contributed by atoms with van der Waals surface area (Å²) in [5, 5.41) is 5.59. The van der Waals surface area contributed by atoms with E-state index in [4.69, 9.17) is 0 Å². The van der Waals surface area contributed by atoms with E-state index in [9.17, 15) is 0 Å². The summed E-state index contributed by atoms with van der Waals surface area (Å²) >= 11 is 0. The van der Waals surface area contributed by atoms with Crippen molar-refractivity contribution in [2.24, 2.45) is 0 Å². The molecule has 0 saturated heterocycles. The minimum atomic E-state index is -0.0332. The molecule has 0 atom stereocenters. The zero-order valence-corrected chi connectivity index (χ0v) is 27.4. The fourth-order valence-corrected chi connectivity index (χ4v) is 9.14. The Kier molecular flexibility index (Phi) is 5.31. The molecule has 0 radical (unpaired) electrons. The molecular formula is C45H38. The molecule has 0 heterocycles. The van der Waals surface area contributed by atoms with Crippen LogP contribution < -0.4 is 0 Å². The second-order valence-corrected chi connectivity index (χ2v) is 14.3. The van der Waals surface area contributed by atoms with Crippen molar-refractivity contribution in [3.63, 3.8) is 0 Å². The molecule has 0 amide bonds. The summed E-state index contributed by atoms with van der Waals surface area (Å²) in [6.07, 6.45) is 8.06. The maximum Gasteiger partial charge on any atom is 0.0159 e. The van der Waals surface area contributed by atoms with E-state index in [1.54, 1.807) is 0 Å². The van der Waals surface area contributed by atoms with Crippen molar-refractivity contribution in [3.05, 3.63) is 135 Å². The third-order valence-corrected chi connectivity index (χ3v) is 11.2. The Morgan fingerprint density at radius 2 is 1.38 bits per heavy atom. The van der Waals surface area contributed by atoms with Crippen LogP contribution in [0.4, 0.5) is 0 Å². The number of hydrogen-bond donors (Lipinski definition) is 0. The van der Waals surface area contributed by atoms with Crippen molar-refractivity contribution in [1.82, 2.24) is 0 Å². The molecule has 0 N–H and O–H groups in total. The first-order valence-corrected chi connectivity index (χ1v) is 16.4. The summed E-state index contributed by atoms with van der Waals surface area (Å²) in [5.74, 6) is 0. The number of fused-ring (bicyclic) bond motifs is 10. The van der Waals surface area contributed by atoms with Crippen LogP contribution in [0.3, 0.4) is 0 Å². The highest BCUT2D eigenvalue weighted by Crippen LogP contribution is 2.55. The van der Waals surface area contributed by atoms with Crippen LogP contribution in [0.5, 0.6) is 0 Å². The number of allylic oxidation sites excluding steroid dienone is 3. The molecule has 0 heteroatoms. The number of aryl methyl sites for hydroxylation is 4. The Morgan fingerprint density at radius 3 is 2.22 bits per heavy atom. The quantitative estimate of drug-likeness (QED) is 0.170. The van der Waals surface area contributed by atoms with Crippen LogP contribution in [0.25, 0.3) is 72.1 Å². The molecular weight excluding hydrogens is 540 g/mol. The normalized spacial score (nSPS) is 15.1. The second kappa shape index (κ2) is 8.95. The van der Waals surface area contributed by atoms with E-state index in [1.165, 1.54) is 116 Å². The van der Waals surface area contributed by atoms with Crippen LogP contribution in [0.1, 0.15) is 65.3 Å². The molecule has 6 aromatic carbocycles. The summed E-state index contributed by atoms with van der Waals surface area (Å²) in [7, 11) is 0. The van der Waals surface area contributed by atoms with Gasteiger partial charge < -0.3 is 0 Å². The van der Waals surface area contributed by atoms with Crippen molar-refractivity contribution in [2.75, 3.05) is 0 Å². The Morgan fingerprint density at radius 1 is 0.578 bits per heavy atom. The Balaban J connectivity index is 1.41. The highest BCUT2D eigenvalue weighted by Gasteiger charge is 2.36. The van der Waals surface area contributed by atoms with Gasteiger partial charge in [-0.05, 0) is 158 Å². The molecule has 0 fully saturated rings. The highest BCUT2D eigenvalue weighted by atomic mass is 14.4. The van der Waals surface area contributed by atoms with Crippen molar-refractivity contribution in [1.29, 1.82) is 0 Å². The van der Waals surface area contributed by atoms with Crippen LogP contribution in [0, 0.1) is 27.7 Å². The average Bonchev–Trinajstić information content (AvgIpc) is 3.37. The minimum Gasteiger partial charge on any atom is -0.0772 e. The lowest BCUT2D eigenvalue weighted by atomic mass is 9.79. The van der Waals surface area contributed by atoms with Crippen LogP contribution in [0.15, 0.2) is 90.5 Å². The summed E-state index contributed by atoms with van der Waals surface area (Å²) < 4.78 is 0. The molecule has 0 unspecified atom stereocenters. The topological polar surface area (TPSA) is 0 Å². The van der Waals surface area contributed by atoms with E-state index in [2.05, 4.69) is 139 Å². The molecule has 0 aromatic heterocycles. The van der Waals surface area contributed by atoms with E-state index in [0.717, 1.165) is 6.42 Å². The van der Waals surface area contributed by atoms with Gasteiger partial charge >= 0.3 is 0 Å². The van der Waals surface area contributed by atoms with E-state index in [1.807, 2.05) is 0 Å². The molecule has 0 saturated carbocycles. The smallest absolute Gasteiger partial charge is 0.0159 e. The van der Waals surface area contributed by atoms with Crippen molar-refractivity contribution in [3.8, 4) is 44.5 Å². The first kappa shape index (κ1) is 26.7. The molecule has 3 aliphatic carbocycles. The fraction of sp³-hybridized carbons (Fsp3) is 0.200. The van der Waals surface area contributed by atoms with Gasteiger partial charge in [-0.15, -0.1) is 0 Å². The minimum absolute atomic E-state index is 0.0332. The predicted molar refractivity (Wildman–Crippen MR) is 194 cm³/mol. The number of hydrogen-bond acceptors (Lipinski definition) is 0. The summed E-state index contributed by atoms with van der Waals surface area (Å²) in [4.78, 5) is 0. The first-order chi connectivity index (χ1) is 21.6.